The van der Waals surface area contributed by atoms with Crippen LogP contribution in [-0.4, -0.2) is 60.0 Å². The van der Waals surface area contributed by atoms with Crippen LogP contribution in [0.4, 0.5) is 0 Å². The maximum Gasteiger partial charge on any atom is 0.244 e. The number of nitrogens with one attached hydrogen (secondary N) is 1. The highest BCUT2D eigenvalue weighted by Crippen LogP contribution is 2.19. The van der Waals surface area contributed by atoms with E-state index in [0.29, 0.717) is 11.7 Å². The Bertz CT molecular complexity index is 521. The number of aromatic nitrogens is 2. The van der Waals surface area contributed by atoms with Crippen LogP contribution in [0.3, 0.4) is 0 Å². The third-order valence-corrected chi connectivity index (χ3v) is 3.88. The van der Waals surface area contributed by atoms with Gasteiger partial charge < -0.3 is 10.1 Å². The molecule has 21 heavy (non-hydrogen) atoms. The zero-order valence-electron chi connectivity index (χ0n) is 12.4. The van der Waals surface area contributed by atoms with Gasteiger partial charge in [-0.2, -0.15) is 5.10 Å². The van der Waals surface area contributed by atoms with Crippen LogP contribution in [0, 0.1) is 6.92 Å². The number of amides is 1. The molecule has 1 aromatic heterocycles. The van der Waals surface area contributed by atoms with Gasteiger partial charge in [0, 0.05) is 44.9 Å². The first-order valence-electron chi connectivity index (χ1n) is 7.03. The molecule has 0 aromatic carbocycles. The van der Waals surface area contributed by atoms with Crippen molar-refractivity contribution in [2.45, 2.75) is 6.92 Å². The molecule has 0 unspecified atom stereocenters. The molecule has 1 aromatic rings. The van der Waals surface area contributed by atoms with Crippen LogP contribution in [-0.2, 0) is 16.6 Å². The molecule has 0 aliphatic carbocycles. The SMILES string of the molecule is Cc1nn(C)c(Cl)c1/C=C/C(=O)NCCN1CCOCC1. The van der Waals surface area contributed by atoms with E-state index in [1.165, 1.54) is 6.08 Å². The van der Waals surface area contributed by atoms with Gasteiger partial charge in [-0.05, 0) is 13.0 Å². The van der Waals surface area contributed by atoms with Crippen molar-refractivity contribution in [1.29, 1.82) is 0 Å². The number of rotatable bonds is 5. The van der Waals surface area contributed by atoms with Crippen molar-refractivity contribution in [3.05, 3.63) is 22.5 Å². The molecule has 0 atom stereocenters. The Morgan fingerprint density at radius 1 is 1.48 bits per heavy atom. The summed E-state index contributed by atoms with van der Waals surface area (Å²) in [6.45, 7) is 6.73. The number of morpholine rings is 1. The van der Waals surface area contributed by atoms with Crippen molar-refractivity contribution in [1.82, 2.24) is 20.0 Å². The fraction of sp³-hybridized carbons (Fsp3) is 0.571. The Hall–Kier alpha value is -1.37. The van der Waals surface area contributed by atoms with Gasteiger partial charge in [-0.25, -0.2) is 0 Å². The van der Waals surface area contributed by atoms with E-state index in [-0.39, 0.29) is 5.91 Å². The Kier molecular flexibility index (Phi) is 5.78. The monoisotopic (exact) mass is 312 g/mol. The van der Waals surface area contributed by atoms with Crippen molar-refractivity contribution in [2.75, 3.05) is 39.4 Å². The lowest BCUT2D eigenvalue weighted by molar-refractivity contribution is -0.116. The third-order valence-electron chi connectivity index (χ3n) is 3.43. The van der Waals surface area contributed by atoms with E-state index >= 15 is 0 Å². The van der Waals surface area contributed by atoms with E-state index in [9.17, 15) is 4.79 Å². The third kappa shape index (κ3) is 4.56. The maximum absolute atomic E-state index is 11.8. The zero-order chi connectivity index (χ0) is 15.2. The number of ether oxygens (including phenoxy) is 1. The number of hydrogen-bond donors (Lipinski definition) is 1. The fourth-order valence-corrected chi connectivity index (χ4v) is 2.45. The molecule has 1 saturated heterocycles. The van der Waals surface area contributed by atoms with Gasteiger partial charge in [0.05, 0.1) is 18.9 Å². The van der Waals surface area contributed by atoms with Crippen LogP contribution in [0.15, 0.2) is 6.08 Å². The number of aryl methyl sites for hydroxylation is 2. The summed E-state index contributed by atoms with van der Waals surface area (Å²) in [6, 6.07) is 0. The smallest absolute Gasteiger partial charge is 0.244 e. The van der Waals surface area contributed by atoms with E-state index in [1.54, 1.807) is 17.8 Å². The molecule has 1 fully saturated rings. The normalized spacial score (nSPS) is 16.5. The van der Waals surface area contributed by atoms with Gasteiger partial charge >= 0.3 is 0 Å². The average molecular weight is 313 g/mol. The predicted octanol–water partition coefficient (Wildman–Crippen LogP) is 0.844. The van der Waals surface area contributed by atoms with Gasteiger partial charge in [0.2, 0.25) is 5.91 Å². The molecule has 7 heteroatoms. The zero-order valence-corrected chi connectivity index (χ0v) is 13.2. The van der Waals surface area contributed by atoms with E-state index in [2.05, 4.69) is 15.3 Å². The highest BCUT2D eigenvalue weighted by molar-refractivity contribution is 6.31. The second-order valence-electron chi connectivity index (χ2n) is 4.99. The molecule has 1 aliphatic rings. The van der Waals surface area contributed by atoms with Crippen LogP contribution in [0.2, 0.25) is 5.15 Å². The molecule has 1 amide bonds. The quantitative estimate of drug-likeness (QED) is 0.819. The minimum absolute atomic E-state index is 0.123. The standard InChI is InChI=1S/C14H21ClN4O2/c1-11-12(14(15)18(2)17-11)3-4-13(20)16-5-6-19-7-9-21-10-8-19/h3-4H,5-10H2,1-2H3,(H,16,20)/b4-3+. The van der Waals surface area contributed by atoms with Gasteiger partial charge in [0.15, 0.2) is 0 Å². The molecule has 1 aliphatic heterocycles. The summed E-state index contributed by atoms with van der Waals surface area (Å²) in [7, 11) is 1.77. The topological polar surface area (TPSA) is 59.4 Å². The Labute approximate surface area is 129 Å². The summed E-state index contributed by atoms with van der Waals surface area (Å²) >= 11 is 6.10. The molecule has 0 radical (unpaired) electrons. The molecule has 2 rings (SSSR count). The summed E-state index contributed by atoms with van der Waals surface area (Å²) < 4.78 is 6.87. The summed E-state index contributed by atoms with van der Waals surface area (Å²) in [5.74, 6) is -0.123. The maximum atomic E-state index is 11.8. The number of carbonyl (C=O) groups is 1. The lowest BCUT2D eigenvalue weighted by atomic mass is 10.2. The van der Waals surface area contributed by atoms with Gasteiger partial charge in [-0.3, -0.25) is 14.4 Å². The Morgan fingerprint density at radius 3 is 2.81 bits per heavy atom. The van der Waals surface area contributed by atoms with Crippen molar-refractivity contribution in [3.63, 3.8) is 0 Å². The molecule has 0 spiro atoms. The minimum atomic E-state index is -0.123. The molecule has 116 valence electrons. The van der Waals surface area contributed by atoms with Crippen molar-refractivity contribution in [2.24, 2.45) is 7.05 Å². The minimum Gasteiger partial charge on any atom is -0.379 e. The van der Waals surface area contributed by atoms with Gasteiger partial charge in [-0.1, -0.05) is 11.6 Å². The molecular weight excluding hydrogens is 292 g/mol. The molecule has 6 nitrogen and oxygen atoms in total. The number of carbonyl (C=O) groups excluding carboxylic acids is 1. The van der Waals surface area contributed by atoms with E-state index in [1.807, 2.05) is 6.92 Å². The van der Waals surface area contributed by atoms with E-state index < -0.39 is 0 Å². The second-order valence-corrected chi connectivity index (χ2v) is 5.35. The molecule has 1 N–H and O–H groups in total. The summed E-state index contributed by atoms with van der Waals surface area (Å²) in [6.07, 6.45) is 3.20. The van der Waals surface area contributed by atoms with Crippen LogP contribution in [0.5, 0.6) is 0 Å². The van der Waals surface area contributed by atoms with Crippen molar-refractivity contribution < 1.29 is 9.53 Å². The second kappa shape index (κ2) is 7.59. The highest BCUT2D eigenvalue weighted by Gasteiger charge is 2.10. The van der Waals surface area contributed by atoms with Crippen LogP contribution >= 0.6 is 11.6 Å². The van der Waals surface area contributed by atoms with E-state index in [4.69, 9.17) is 16.3 Å². The largest absolute Gasteiger partial charge is 0.379 e. The first kappa shape index (κ1) is 16.0. The molecule has 2 heterocycles. The van der Waals surface area contributed by atoms with Gasteiger partial charge in [0.25, 0.3) is 0 Å². The fourth-order valence-electron chi connectivity index (χ4n) is 2.22. The molecule has 0 saturated carbocycles. The average Bonchev–Trinajstić information content (AvgIpc) is 2.71. The number of halogens is 1. The first-order chi connectivity index (χ1) is 10.1. The number of nitrogens with zero attached hydrogens (tertiary/aromatic N) is 3. The van der Waals surface area contributed by atoms with Crippen LogP contribution in [0.25, 0.3) is 6.08 Å². The van der Waals surface area contributed by atoms with Gasteiger partial charge in [-0.15, -0.1) is 0 Å². The van der Waals surface area contributed by atoms with Crippen molar-refractivity contribution >= 4 is 23.6 Å². The Morgan fingerprint density at radius 2 is 2.19 bits per heavy atom. The highest BCUT2D eigenvalue weighted by atomic mass is 35.5. The predicted molar refractivity (Wildman–Crippen MR) is 82.3 cm³/mol. The Balaban J connectivity index is 1.77. The summed E-state index contributed by atoms with van der Waals surface area (Å²) in [5.41, 5.74) is 1.59. The molecule has 0 bridgehead atoms. The van der Waals surface area contributed by atoms with Crippen LogP contribution < -0.4 is 5.32 Å². The lowest BCUT2D eigenvalue weighted by Gasteiger charge is -2.26. The van der Waals surface area contributed by atoms with Crippen LogP contribution in [0.1, 0.15) is 11.3 Å². The van der Waals surface area contributed by atoms with Crippen molar-refractivity contribution in [3.8, 4) is 0 Å². The first-order valence-corrected chi connectivity index (χ1v) is 7.41. The lowest BCUT2D eigenvalue weighted by Crippen LogP contribution is -2.41. The summed E-state index contributed by atoms with van der Waals surface area (Å²) in [5, 5.41) is 7.59. The van der Waals surface area contributed by atoms with Gasteiger partial charge in [0.1, 0.15) is 5.15 Å². The molecular formula is C14H21ClN4O2. The summed E-state index contributed by atoms with van der Waals surface area (Å²) in [4.78, 5) is 14.0. The number of hydrogen-bond acceptors (Lipinski definition) is 4. The van der Waals surface area contributed by atoms with E-state index in [0.717, 1.165) is 44.1 Å².